The molecule has 1 atom stereocenters. The predicted molar refractivity (Wildman–Crippen MR) is 103 cm³/mol. The van der Waals surface area contributed by atoms with Crippen molar-refractivity contribution >= 4 is 23.2 Å². The van der Waals surface area contributed by atoms with Crippen molar-refractivity contribution in [2.24, 2.45) is 0 Å². The molecule has 4 rings (SSSR count). The lowest BCUT2D eigenvalue weighted by molar-refractivity contribution is 0.0719. The van der Waals surface area contributed by atoms with Gasteiger partial charge in [0, 0.05) is 24.8 Å². The first-order valence-electron chi connectivity index (χ1n) is 9.02. The van der Waals surface area contributed by atoms with E-state index in [2.05, 4.69) is 10.2 Å². The number of hydrogen-bond donors (Lipinski definition) is 1. The summed E-state index contributed by atoms with van der Waals surface area (Å²) in [7, 11) is 2.00. The van der Waals surface area contributed by atoms with Crippen LogP contribution in [0.1, 0.15) is 44.7 Å². The number of carbonyl (C=O) groups excluding carboxylic acids is 2. The third-order valence-corrected chi connectivity index (χ3v) is 5.56. The molecule has 0 unspecified atom stereocenters. The number of aryl methyl sites for hydroxylation is 2. The second-order valence-electron chi connectivity index (χ2n) is 7.22. The lowest BCUT2D eigenvalue weighted by Crippen LogP contribution is -2.50. The summed E-state index contributed by atoms with van der Waals surface area (Å²) in [5, 5.41) is 2.95. The van der Waals surface area contributed by atoms with Crippen LogP contribution in [0.4, 0.5) is 11.4 Å². The fraction of sp³-hybridized carbons (Fsp3) is 0.333. The third kappa shape index (κ3) is 2.64. The molecule has 0 aliphatic carbocycles. The zero-order valence-corrected chi connectivity index (χ0v) is 15.4. The van der Waals surface area contributed by atoms with E-state index in [0.29, 0.717) is 11.1 Å². The van der Waals surface area contributed by atoms with E-state index in [1.165, 1.54) is 5.56 Å². The van der Waals surface area contributed by atoms with Crippen LogP contribution in [0.3, 0.4) is 0 Å². The summed E-state index contributed by atoms with van der Waals surface area (Å²) < 4.78 is 0. The van der Waals surface area contributed by atoms with Gasteiger partial charge in [-0.1, -0.05) is 6.07 Å². The summed E-state index contributed by atoms with van der Waals surface area (Å²) in [6.45, 7) is 4.88. The third-order valence-electron chi connectivity index (χ3n) is 5.56. The van der Waals surface area contributed by atoms with Crippen LogP contribution in [0.5, 0.6) is 0 Å². The van der Waals surface area contributed by atoms with E-state index in [9.17, 15) is 9.59 Å². The molecule has 2 aliphatic heterocycles. The molecule has 0 spiro atoms. The van der Waals surface area contributed by atoms with E-state index in [4.69, 9.17) is 0 Å². The largest absolute Gasteiger partial charge is 0.354 e. The first-order chi connectivity index (χ1) is 12.5. The van der Waals surface area contributed by atoms with Crippen molar-refractivity contribution < 1.29 is 9.59 Å². The molecule has 134 valence electrons. The summed E-state index contributed by atoms with van der Waals surface area (Å²) in [6, 6.07) is 11.2. The summed E-state index contributed by atoms with van der Waals surface area (Å²) in [5.41, 5.74) is 5.19. The molecule has 26 heavy (non-hydrogen) atoms. The van der Waals surface area contributed by atoms with Crippen LogP contribution in [-0.2, 0) is 0 Å². The Labute approximate surface area is 153 Å². The molecule has 2 heterocycles. The minimum Gasteiger partial charge on any atom is -0.354 e. The number of benzene rings is 2. The molecular weight excluding hydrogens is 326 g/mol. The highest BCUT2D eigenvalue weighted by Crippen LogP contribution is 2.35. The van der Waals surface area contributed by atoms with E-state index in [0.717, 1.165) is 36.3 Å². The minimum absolute atomic E-state index is 0.0710. The molecule has 0 radical (unpaired) electrons. The van der Waals surface area contributed by atoms with Crippen LogP contribution in [0, 0.1) is 13.8 Å². The van der Waals surface area contributed by atoms with Gasteiger partial charge in [0.1, 0.15) is 6.17 Å². The molecule has 2 aliphatic rings. The Bertz CT molecular complexity index is 906. The highest BCUT2D eigenvalue weighted by atomic mass is 16.2. The molecule has 0 bridgehead atoms. The molecule has 5 heteroatoms. The van der Waals surface area contributed by atoms with Crippen LogP contribution in [0.25, 0.3) is 0 Å². The number of rotatable bonds is 2. The minimum atomic E-state index is -0.161. The van der Waals surface area contributed by atoms with E-state index >= 15 is 0 Å². The number of amides is 2. The van der Waals surface area contributed by atoms with Gasteiger partial charge in [0.25, 0.3) is 11.8 Å². The summed E-state index contributed by atoms with van der Waals surface area (Å²) >= 11 is 0. The van der Waals surface area contributed by atoms with Crippen molar-refractivity contribution in [1.82, 2.24) is 4.90 Å². The first kappa shape index (κ1) is 16.6. The molecule has 1 fully saturated rings. The normalized spacial score (nSPS) is 18.6. The smallest absolute Gasteiger partial charge is 0.257 e. The van der Waals surface area contributed by atoms with Crippen LogP contribution in [-0.4, -0.2) is 36.5 Å². The Morgan fingerprint density at radius 3 is 2.69 bits per heavy atom. The zero-order valence-electron chi connectivity index (χ0n) is 15.4. The maximum absolute atomic E-state index is 12.7. The van der Waals surface area contributed by atoms with Crippen LogP contribution in [0.2, 0.25) is 0 Å². The summed E-state index contributed by atoms with van der Waals surface area (Å²) in [4.78, 5) is 29.4. The van der Waals surface area contributed by atoms with Crippen molar-refractivity contribution in [3.8, 4) is 0 Å². The molecule has 0 aromatic heterocycles. The molecule has 1 saturated heterocycles. The molecule has 1 N–H and O–H groups in total. The first-order valence-corrected chi connectivity index (χ1v) is 9.02. The molecule has 5 nitrogen and oxygen atoms in total. The monoisotopic (exact) mass is 349 g/mol. The Kier molecular flexibility index (Phi) is 3.94. The fourth-order valence-electron chi connectivity index (χ4n) is 3.87. The summed E-state index contributed by atoms with van der Waals surface area (Å²) in [5.74, 6) is -0.0903. The van der Waals surface area contributed by atoms with E-state index < -0.39 is 0 Å². The van der Waals surface area contributed by atoms with Gasteiger partial charge in [0.15, 0.2) is 0 Å². The highest BCUT2D eigenvalue weighted by Gasteiger charge is 2.38. The van der Waals surface area contributed by atoms with E-state index in [-0.39, 0.29) is 18.0 Å². The Morgan fingerprint density at radius 1 is 1.12 bits per heavy atom. The fourth-order valence-corrected chi connectivity index (χ4v) is 3.87. The van der Waals surface area contributed by atoms with E-state index in [1.807, 2.05) is 50.1 Å². The van der Waals surface area contributed by atoms with Gasteiger partial charge < -0.3 is 15.1 Å². The van der Waals surface area contributed by atoms with Crippen molar-refractivity contribution in [3.05, 3.63) is 58.7 Å². The molecular formula is C21H23N3O2. The van der Waals surface area contributed by atoms with Gasteiger partial charge >= 0.3 is 0 Å². The lowest BCUT2D eigenvalue weighted by Gasteiger charge is -2.40. The maximum Gasteiger partial charge on any atom is 0.257 e. The van der Waals surface area contributed by atoms with Gasteiger partial charge in [-0.15, -0.1) is 0 Å². The Morgan fingerprint density at radius 2 is 1.92 bits per heavy atom. The number of nitrogens with zero attached hydrogens (tertiary/aromatic N) is 2. The predicted octanol–water partition coefficient (Wildman–Crippen LogP) is 3.57. The van der Waals surface area contributed by atoms with Crippen molar-refractivity contribution in [1.29, 1.82) is 0 Å². The quantitative estimate of drug-likeness (QED) is 0.902. The number of anilines is 2. The van der Waals surface area contributed by atoms with Gasteiger partial charge in [-0.05, 0) is 68.1 Å². The molecule has 0 saturated carbocycles. The standard InChI is InChI=1S/C21H23N3O2/c1-13-6-8-16(11-14(13)2)22-20(25)15-7-9-17-18(12-15)23(3)19-5-4-10-24(19)21(17)26/h6-9,11-12,19H,4-5,10H2,1-3H3,(H,22,25)/t19-/m1/s1. The van der Waals surface area contributed by atoms with Crippen molar-refractivity contribution in [2.45, 2.75) is 32.9 Å². The average Bonchev–Trinajstić information content (AvgIpc) is 3.12. The van der Waals surface area contributed by atoms with Crippen LogP contribution >= 0.6 is 0 Å². The Balaban J connectivity index is 1.62. The highest BCUT2D eigenvalue weighted by molar-refractivity contribution is 6.08. The lowest BCUT2D eigenvalue weighted by atomic mass is 10.0. The summed E-state index contributed by atoms with van der Waals surface area (Å²) in [6.07, 6.45) is 2.10. The van der Waals surface area contributed by atoms with E-state index in [1.54, 1.807) is 12.1 Å². The van der Waals surface area contributed by atoms with Crippen LogP contribution in [0.15, 0.2) is 36.4 Å². The number of hydrogen-bond acceptors (Lipinski definition) is 3. The number of fused-ring (bicyclic) bond motifs is 2. The number of carbonyl (C=O) groups is 2. The van der Waals surface area contributed by atoms with Crippen molar-refractivity contribution in [3.63, 3.8) is 0 Å². The van der Waals surface area contributed by atoms with Gasteiger partial charge in [-0.25, -0.2) is 0 Å². The Hall–Kier alpha value is -2.82. The molecule has 2 amide bonds. The maximum atomic E-state index is 12.7. The second-order valence-corrected chi connectivity index (χ2v) is 7.22. The molecule has 2 aromatic carbocycles. The van der Waals surface area contributed by atoms with Gasteiger partial charge in [-0.2, -0.15) is 0 Å². The van der Waals surface area contributed by atoms with Crippen molar-refractivity contribution in [2.75, 3.05) is 23.8 Å². The number of nitrogens with one attached hydrogen (secondary N) is 1. The van der Waals surface area contributed by atoms with Gasteiger partial charge in [0.2, 0.25) is 0 Å². The average molecular weight is 349 g/mol. The van der Waals surface area contributed by atoms with Gasteiger partial charge in [0.05, 0.1) is 11.3 Å². The topological polar surface area (TPSA) is 52.7 Å². The SMILES string of the molecule is Cc1ccc(NC(=O)c2ccc3c(c2)N(C)[C@H]2CCCN2C3=O)cc1C. The molecule has 2 aromatic rings. The van der Waals surface area contributed by atoms with Gasteiger partial charge in [-0.3, -0.25) is 9.59 Å². The zero-order chi connectivity index (χ0) is 18.4. The van der Waals surface area contributed by atoms with Crippen LogP contribution < -0.4 is 10.2 Å². The second kappa shape index (κ2) is 6.16.